The van der Waals surface area contributed by atoms with Crippen LogP contribution in [0.4, 0.5) is 0 Å². The van der Waals surface area contributed by atoms with Crippen LogP contribution < -0.4 is 10.6 Å². The van der Waals surface area contributed by atoms with Crippen molar-refractivity contribution in [1.29, 1.82) is 0 Å². The maximum atomic E-state index is 12.4. The number of rotatable bonds is 5. The highest BCUT2D eigenvalue weighted by Gasteiger charge is 2.29. The molecule has 1 fully saturated rings. The monoisotopic (exact) mass is 392 g/mol. The second-order valence-corrected chi connectivity index (χ2v) is 7.71. The van der Waals surface area contributed by atoms with E-state index in [9.17, 15) is 9.59 Å². The molecule has 1 aliphatic carbocycles. The summed E-state index contributed by atoms with van der Waals surface area (Å²) in [5.41, 5.74) is 3.43. The molecule has 142 valence electrons. The van der Waals surface area contributed by atoms with Crippen molar-refractivity contribution in [1.82, 2.24) is 10.6 Å². The van der Waals surface area contributed by atoms with Crippen LogP contribution >= 0.6 is 11.8 Å². The standard InChI is InChI=1S/C21H20N4O2S/c26-19(16-10-11-16)22-12-14-6-8-17(9-7-14)20(27)23-21-25-24-18(13-28-21)15-4-2-1-3-5-15/h1-9,16H,10-13H2,(H,22,26)(H,23,25,27). The molecule has 0 saturated heterocycles. The second kappa shape index (κ2) is 8.39. The van der Waals surface area contributed by atoms with Crippen LogP contribution in [0.15, 0.2) is 64.8 Å². The Bertz CT molecular complexity index is 935. The van der Waals surface area contributed by atoms with E-state index in [0.717, 1.165) is 29.7 Å². The first kappa shape index (κ1) is 18.4. The van der Waals surface area contributed by atoms with Crippen LogP contribution in [-0.2, 0) is 11.3 Å². The van der Waals surface area contributed by atoms with Crippen molar-refractivity contribution in [3.8, 4) is 0 Å². The zero-order valence-electron chi connectivity index (χ0n) is 15.2. The van der Waals surface area contributed by atoms with Crippen molar-refractivity contribution in [2.75, 3.05) is 5.75 Å². The lowest BCUT2D eigenvalue weighted by Crippen LogP contribution is -2.30. The maximum Gasteiger partial charge on any atom is 0.257 e. The fraction of sp³-hybridized carbons (Fsp3) is 0.238. The summed E-state index contributed by atoms with van der Waals surface area (Å²) in [6.07, 6.45) is 1.98. The van der Waals surface area contributed by atoms with Crippen LogP contribution in [0.3, 0.4) is 0 Å². The van der Waals surface area contributed by atoms with Gasteiger partial charge in [-0.05, 0) is 36.1 Å². The molecule has 28 heavy (non-hydrogen) atoms. The Morgan fingerprint density at radius 2 is 1.75 bits per heavy atom. The number of nitrogens with one attached hydrogen (secondary N) is 2. The molecule has 2 aliphatic rings. The SMILES string of the molecule is O=C(NC1=NN=C(c2ccccc2)CS1)c1ccc(CNC(=O)C2CC2)cc1. The lowest BCUT2D eigenvalue weighted by Gasteiger charge is -2.13. The Morgan fingerprint density at radius 1 is 1.00 bits per heavy atom. The molecule has 0 bridgehead atoms. The number of hydrogen-bond acceptors (Lipinski definition) is 5. The van der Waals surface area contributed by atoms with Crippen molar-refractivity contribution in [2.45, 2.75) is 19.4 Å². The third-order valence-electron chi connectivity index (χ3n) is 4.57. The molecule has 1 saturated carbocycles. The minimum Gasteiger partial charge on any atom is -0.352 e. The van der Waals surface area contributed by atoms with E-state index >= 15 is 0 Å². The van der Waals surface area contributed by atoms with Crippen LogP contribution in [0.25, 0.3) is 0 Å². The van der Waals surface area contributed by atoms with E-state index in [-0.39, 0.29) is 17.7 Å². The summed E-state index contributed by atoms with van der Waals surface area (Å²) in [4.78, 5) is 24.1. The Balaban J connectivity index is 1.32. The Morgan fingerprint density at radius 3 is 2.39 bits per heavy atom. The predicted octanol–water partition coefficient (Wildman–Crippen LogP) is 2.95. The van der Waals surface area contributed by atoms with E-state index in [1.54, 1.807) is 12.1 Å². The van der Waals surface area contributed by atoms with Gasteiger partial charge >= 0.3 is 0 Å². The van der Waals surface area contributed by atoms with Gasteiger partial charge in [0.15, 0.2) is 5.17 Å². The van der Waals surface area contributed by atoms with Gasteiger partial charge in [0.1, 0.15) is 0 Å². The highest BCUT2D eigenvalue weighted by molar-refractivity contribution is 8.14. The smallest absolute Gasteiger partial charge is 0.257 e. The summed E-state index contributed by atoms with van der Waals surface area (Å²) in [6, 6.07) is 17.1. The van der Waals surface area contributed by atoms with E-state index in [1.165, 1.54) is 11.8 Å². The Kier molecular flexibility index (Phi) is 5.53. The molecule has 0 radical (unpaired) electrons. The first-order valence-electron chi connectivity index (χ1n) is 9.20. The molecule has 1 heterocycles. The van der Waals surface area contributed by atoms with Crippen molar-refractivity contribution in [2.24, 2.45) is 16.1 Å². The van der Waals surface area contributed by atoms with Crippen molar-refractivity contribution in [3.63, 3.8) is 0 Å². The molecular formula is C21H20N4O2S. The number of benzene rings is 2. The van der Waals surface area contributed by atoms with Crippen LogP contribution in [0.5, 0.6) is 0 Å². The molecule has 2 aromatic carbocycles. The molecule has 2 aromatic rings. The van der Waals surface area contributed by atoms with E-state index < -0.39 is 0 Å². The summed E-state index contributed by atoms with van der Waals surface area (Å²) >= 11 is 1.45. The Hall–Kier alpha value is -2.93. The predicted molar refractivity (Wildman–Crippen MR) is 111 cm³/mol. The topological polar surface area (TPSA) is 82.9 Å². The first-order chi connectivity index (χ1) is 13.7. The molecule has 1 aliphatic heterocycles. The maximum absolute atomic E-state index is 12.4. The molecular weight excluding hydrogens is 372 g/mol. The molecule has 0 aromatic heterocycles. The van der Waals surface area contributed by atoms with Gasteiger partial charge in [-0.15, -0.1) is 5.10 Å². The largest absolute Gasteiger partial charge is 0.352 e. The average Bonchev–Trinajstić information content (AvgIpc) is 3.59. The summed E-state index contributed by atoms with van der Waals surface area (Å²) in [5.74, 6) is 0.745. The quantitative estimate of drug-likeness (QED) is 0.821. The van der Waals surface area contributed by atoms with Gasteiger partial charge in [-0.25, -0.2) is 0 Å². The van der Waals surface area contributed by atoms with Crippen molar-refractivity contribution in [3.05, 3.63) is 71.3 Å². The molecule has 6 nitrogen and oxygen atoms in total. The fourth-order valence-corrected chi connectivity index (χ4v) is 3.52. The molecule has 4 rings (SSSR count). The summed E-state index contributed by atoms with van der Waals surface area (Å²) in [7, 11) is 0. The van der Waals surface area contributed by atoms with Gasteiger partial charge in [0.25, 0.3) is 5.91 Å². The van der Waals surface area contributed by atoms with Gasteiger partial charge in [-0.1, -0.05) is 54.2 Å². The third kappa shape index (κ3) is 4.67. The number of thioether (sulfide) groups is 1. The minimum absolute atomic E-state index is 0.115. The van der Waals surface area contributed by atoms with Crippen LogP contribution in [0, 0.1) is 5.92 Å². The van der Waals surface area contributed by atoms with Gasteiger partial charge in [-0.2, -0.15) is 5.10 Å². The van der Waals surface area contributed by atoms with Crippen molar-refractivity contribution < 1.29 is 9.59 Å². The van der Waals surface area contributed by atoms with Crippen LogP contribution in [0.2, 0.25) is 0 Å². The lowest BCUT2D eigenvalue weighted by molar-refractivity contribution is -0.122. The zero-order chi connectivity index (χ0) is 19.3. The van der Waals surface area contributed by atoms with Gasteiger partial charge < -0.3 is 5.32 Å². The number of nitrogens with zero attached hydrogens (tertiary/aromatic N) is 2. The number of hydrogen-bond donors (Lipinski definition) is 2. The van der Waals surface area contributed by atoms with Gasteiger partial charge in [0.05, 0.1) is 5.71 Å². The molecule has 7 heteroatoms. The summed E-state index contributed by atoms with van der Waals surface area (Å²) < 4.78 is 0. The van der Waals surface area contributed by atoms with Crippen molar-refractivity contribution >= 4 is 34.5 Å². The fourth-order valence-electron chi connectivity index (χ4n) is 2.76. The summed E-state index contributed by atoms with van der Waals surface area (Å²) in [6.45, 7) is 0.483. The zero-order valence-corrected chi connectivity index (χ0v) is 16.0. The highest BCUT2D eigenvalue weighted by atomic mass is 32.2. The van der Waals surface area contributed by atoms with Crippen LogP contribution in [-0.4, -0.2) is 28.4 Å². The molecule has 0 spiro atoms. The minimum atomic E-state index is -0.224. The molecule has 0 unspecified atom stereocenters. The second-order valence-electron chi connectivity index (χ2n) is 6.75. The van der Waals surface area contributed by atoms with E-state index in [4.69, 9.17) is 0 Å². The molecule has 0 atom stereocenters. The number of carbonyl (C=O) groups is 2. The third-order valence-corrected chi connectivity index (χ3v) is 5.44. The Labute approximate surface area is 167 Å². The number of carbonyl (C=O) groups excluding carboxylic acids is 2. The molecule has 2 amide bonds. The number of amidine groups is 1. The van der Waals surface area contributed by atoms with E-state index in [0.29, 0.717) is 23.0 Å². The van der Waals surface area contributed by atoms with E-state index in [2.05, 4.69) is 20.8 Å². The van der Waals surface area contributed by atoms with E-state index in [1.807, 2.05) is 42.5 Å². The lowest BCUT2D eigenvalue weighted by atomic mass is 10.1. The highest BCUT2D eigenvalue weighted by Crippen LogP contribution is 2.28. The normalized spacial score (nSPS) is 16.0. The van der Waals surface area contributed by atoms with Gasteiger partial charge in [-0.3, -0.25) is 14.9 Å². The first-order valence-corrected chi connectivity index (χ1v) is 10.2. The van der Waals surface area contributed by atoms with Gasteiger partial charge in [0.2, 0.25) is 5.91 Å². The molecule has 2 N–H and O–H groups in total. The summed E-state index contributed by atoms with van der Waals surface area (Å²) in [5, 5.41) is 14.6. The van der Waals surface area contributed by atoms with Crippen LogP contribution in [0.1, 0.15) is 34.3 Å². The van der Waals surface area contributed by atoms with Gasteiger partial charge in [0, 0.05) is 23.8 Å². The average molecular weight is 392 g/mol. The number of amides is 2.